The lowest BCUT2D eigenvalue weighted by atomic mass is 9.97. The molecular weight excluding hydrogens is 330 g/mol. The molecule has 1 saturated heterocycles. The number of primary amides is 1. The van der Waals surface area contributed by atoms with E-state index in [9.17, 15) is 13.2 Å². The van der Waals surface area contributed by atoms with Gasteiger partial charge < -0.3 is 10.6 Å². The normalized spacial score (nSPS) is 19.7. The predicted molar refractivity (Wildman–Crippen MR) is 90.8 cm³/mol. The van der Waals surface area contributed by atoms with Gasteiger partial charge >= 0.3 is 0 Å². The van der Waals surface area contributed by atoms with Crippen molar-refractivity contribution in [3.8, 4) is 0 Å². The third-order valence-electron chi connectivity index (χ3n) is 4.25. The van der Waals surface area contributed by atoms with Crippen molar-refractivity contribution in [3.05, 3.63) is 12.3 Å². The summed E-state index contributed by atoms with van der Waals surface area (Å²) in [7, 11) is -3.56. The molecule has 0 bridgehead atoms. The molecule has 1 fully saturated rings. The van der Waals surface area contributed by atoms with Gasteiger partial charge in [-0.25, -0.2) is 13.1 Å². The first-order valence-electron chi connectivity index (χ1n) is 8.36. The van der Waals surface area contributed by atoms with Crippen molar-refractivity contribution in [2.45, 2.75) is 44.2 Å². The average molecular weight is 357 g/mol. The van der Waals surface area contributed by atoms with Crippen LogP contribution in [-0.4, -0.2) is 55.2 Å². The Morgan fingerprint density at radius 3 is 2.92 bits per heavy atom. The van der Waals surface area contributed by atoms with Crippen LogP contribution in [0.15, 0.2) is 17.3 Å². The van der Waals surface area contributed by atoms with Gasteiger partial charge in [0.25, 0.3) is 10.0 Å². The zero-order valence-corrected chi connectivity index (χ0v) is 15.1. The number of hydrogen-bond acceptors (Lipinski definition) is 5. The van der Waals surface area contributed by atoms with Gasteiger partial charge in [-0.1, -0.05) is 0 Å². The number of likely N-dealkylation sites (tertiary alicyclic amines) is 1. The number of piperidine rings is 1. The molecule has 24 heavy (non-hydrogen) atoms. The van der Waals surface area contributed by atoms with Crippen LogP contribution in [0.5, 0.6) is 0 Å². The van der Waals surface area contributed by atoms with Crippen LogP contribution in [0.4, 0.5) is 0 Å². The number of rotatable bonds is 8. The molecule has 0 unspecified atom stereocenters. The minimum Gasteiger partial charge on any atom is -0.369 e. The lowest BCUT2D eigenvalue weighted by Gasteiger charge is -2.31. The van der Waals surface area contributed by atoms with E-state index in [4.69, 9.17) is 5.73 Å². The largest absolute Gasteiger partial charge is 0.369 e. The Kier molecular flexibility index (Phi) is 6.36. The molecule has 2 heterocycles. The maximum atomic E-state index is 12.4. The molecule has 2 rings (SSSR count). The molecule has 1 aliphatic heterocycles. The highest BCUT2D eigenvalue weighted by Gasteiger charge is 2.24. The van der Waals surface area contributed by atoms with Crippen molar-refractivity contribution in [3.63, 3.8) is 0 Å². The summed E-state index contributed by atoms with van der Waals surface area (Å²) in [5.74, 6) is -0.335. The number of aromatic nitrogens is 2. The maximum Gasteiger partial charge on any atom is 0.257 e. The maximum absolute atomic E-state index is 12.4. The minimum absolute atomic E-state index is 0.0225. The molecule has 0 spiro atoms. The van der Waals surface area contributed by atoms with Gasteiger partial charge in [-0.2, -0.15) is 5.10 Å². The summed E-state index contributed by atoms with van der Waals surface area (Å²) in [6.07, 6.45) is 3.97. The lowest BCUT2D eigenvalue weighted by Crippen LogP contribution is -2.42. The van der Waals surface area contributed by atoms with Gasteiger partial charge in [0.2, 0.25) is 5.91 Å². The van der Waals surface area contributed by atoms with Crippen molar-refractivity contribution < 1.29 is 13.2 Å². The number of carbonyl (C=O) groups excluding carboxylic acids is 1. The second kappa shape index (κ2) is 8.09. The van der Waals surface area contributed by atoms with Gasteiger partial charge in [0.05, 0.1) is 12.1 Å². The van der Waals surface area contributed by atoms with E-state index >= 15 is 0 Å². The van der Waals surface area contributed by atoms with Crippen LogP contribution in [-0.2, 0) is 14.8 Å². The van der Waals surface area contributed by atoms with E-state index in [1.54, 1.807) is 0 Å². The van der Waals surface area contributed by atoms with E-state index in [0.29, 0.717) is 19.5 Å². The second-order valence-electron chi connectivity index (χ2n) is 6.50. The Labute approximate surface area is 143 Å². The monoisotopic (exact) mass is 357 g/mol. The molecule has 1 atom stereocenters. The number of carbonyl (C=O) groups is 1. The molecule has 9 heteroatoms. The Morgan fingerprint density at radius 2 is 2.25 bits per heavy atom. The van der Waals surface area contributed by atoms with Crippen LogP contribution in [0.1, 0.15) is 39.2 Å². The summed E-state index contributed by atoms with van der Waals surface area (Å²) in [5.41, 5.74) is 5.37. The van der Waals surface area contributed by atoms with Crippen molar-refractivity contribution in [2.24, 2.45) is 11.7 Å². The van der Waals surface area contributed by atoms with Crippen LogP contribution < -0.4 is 10.5 Å². The molecule has 0 aromatic carbocycles. The first kappa shape index (κ1) is 18.9. The van der Waals surface area contributed by atoms with Gasteiger partial charge in [-0.05, 0) is 52.3 Å². The van der Waals surface area contributed by atoms with Crippen LogP contribution in [0.3, 0.4) is 0 Å². The summed E-state index contributed by atoms with van der Waals surface area (Å²) < 4.78 is 28.8. The quantitative estimate of drug-likeness (QED) is 0.652. The zero-order chi connectivity index (χ0) is 17.7. The third kappa shape index (κ3) is 4.78. The minimum atomic E-state index is -3.56. The molecule has 136 valence electrons. The van der Waals surface area contributed by atoms with Crippen molar-refractivity contribution in [2.75, 3.05) is 26.2 Å². The van der Waals surface area contributed by atoms with Gasteiger partial charge in [0.15, 0.2) is 5.03 Å². The summed E-state index contributed by atoms with van der Waals surface area (Å²) in [6.45, 7) is 6.47. The third-order valence-corrected chi connectivity index (χ3v) is 5.71. The Balaban J connectivity index is 1.81. The Hall–Kier alpha value is -1.45. The standard InChI is InChI=1S/C15H27N5O3S/c1-12(2)20-14(6-8-17-20)24(22,23)18-7-4-10-19-9-3-5-13(11-19)15(16)21/h6,8,12-13,18H,3-5,7,9-11H2,1-2H3,(H2,16,21)/t13-/m1/s1. The molecule has 1 aromatic rings. The Morgan fingerprint density at radius 1 is 1.50 bits per heavy atom. The number of nitrogens with zero attached hydrogens (tertiary/aromatic N) is 3. The van der Waals surface area contributed by atoms with Gasteiger partial charge in [0, 0.05) is 19.1 Å². The van der Waals surface area contributed by atoms with E-state index in [0.717, 1.165) is 25.9 Å². The highest BCUT2D eigenvalue weighted by molar-refractivity contribution is 7.89. The van der Waals surface area contributed by atoms with Crippen molar-refractivity contribution in [1.82, 2.24) is 19.4 Å². The van der Waals surface area contributed by atoms with Crippen LogP contribution >= 0.6 is 0 Å². The van der Waals surface area contributed by atoms with E-state index in [-0.39, 0.29) is 22.9 Å². The van der Waals surface area contributed by atoms with E-state index in [2.05, 4.69) is 14.7 Å². The number of hydrogen-bond donors (Lipinski definition) is 2. The number of nitrogens with two attached hydrogens (primary N) is 1. The highest BCUT2D eigenvalue weighted by Crippen LogP contribution is 2.16. The second-order valence-corrected chi connectivity index (χ2v) is 8.22. The summed E-state index contributed by atoms with van der Waals surface area (Å²) >= 11 is 0. The molecule has 8 nitrogen and oxygen atoms in total. The molecule has 1 aromatic heterocycles. The predicted octanol–water partition coefficient (Wildman–Crippen LogP) is 0.330. The molecule has 0 radical (unpaired) electrons. The summed E-state index contributed by atoms with van der Waals surface area (Å²) in [5, 5.41) is 4.24. The number of amides is 1. The Bertz CT molecular complexity index is 656. The number of sulfonamides is 1. The summed E-state index contributed by atoms with van der Waals surface area (Å²) in [4.78, 5) is 13.4. The van der Waals surface area contributed by atoms with Crippen LogP contribution in [0.25, 0.3) is 0 Å². The average Bonchev–Trinajstić information content (AvgIpc) is 3.03. The molecular formula is C15H27N5O3S. The summed E-state index contributed by atoms with van der Waals surface area (Å²) in [6, 6.07) is 1.48. The SMILES string of the molecule is CC(C)n1nccc1S(=O)(=O)NCCCN1CCC[C@@H](C(N)=O)C1. The fourth-order valence-corrected chi connectivity index (χ4v) is 4.28. The molecule has 0 saturated carbocycles. The first-order valence-corrected chi connectivity index (χ1v) is 9.84. The van der Waals surface area contributed by atoms with Gasteiger partial charge in [0.1, 0.15) is 0 Å². The fraction of sp³-hybridized carbons (Fsp3) is 0.733. The molecule has 1 aliphatic rings. The van der Waals surface area contributed by atoms with Crippen molar-refractivity contribution in [1.29, 1.82) is 0 Å². The molecule has 1 amide bonds. The molecule has 0 aliphatic carbocycles. The zero-order valence-electron chi connectivity index (χ0n) is 14.3. The van der Waals surface area contributed by atoms with Crippen LogP contribution in [0, 0.1) is 5.92 Å². The van der Waals surface area contributed by atoms with E-state index in [1.165, 1.54) is 16.9 Å². The van der Waals surface area contributed by atoms with Gasteiger partial charge in [-0.15, -0.1) is 0 Å². The smallest absolute Gasteiger partial charge is 0.257 e. The number of nitrogens with one attached hydrogen (secondary N) is 1. The van der Waals surface area contributed by atoms with E-state index < -0.39 is 10.0 Å². The first-order chi connectivity index (χ1) is 11.3. The van der Waals surface area contributed by atoms with Crippen molar-refractivity contribution >= 4 is 15.9 Å². The highest BCUT2D eigenvalue weighted by atomic mass is 32.2. The molecule has 3 N–H and O–H groups in total. The lowest BCUT2D eigenvalue weighted by molar-refractivity contribution is -0.123. The van der Waals surface area contributed by atoms with E-state index in [1.807, 2.05) is 13.8 Å². The van der Waals surface area contributed by atoms with Gasteiger partial charge in [-0.3, -0.25) is 9.48 Å². The van der Waals surface area contributed by atoms with Crippen LogP contribution in [0.2, 0.25) is 0 Å². The topological polar surface area (TPSA) is 110 Å². The fourth-order valence-electron chi connectivity index (χ4n) is 2.98.